The van der Waals surface area contributed by atoms with E-state index in [4.69, 9.17) is 4.84 Å². The molecule has 0 spiro atoms. The molecule has 0 aliphatic carbocycles. The molecule has 0 saturated heterocycles. The summed E-state index contributed by atoms with van der Waals surface area (Å²) in [4.78, 5) is 5.44. The van der Waals surface area contributed by atoms with Crippen LogP contribution in [0.4, 0.5) is 0 Å². The van der Waals surface area contributed by atoms with E-state index in [-0.39, 0.29) is 0 Å². The maximum absolute atomic E-state index is 5.44. The zero-order chi connectivity index (χ0) is 14.5. The number of oxime groups is 1. The van der Waals surface area contributed by atoms with E-state index in [0.29, 0.717) is 6.61 Å². The minimum Gasteiger partial charge on any atom is -0.391 e. The normalized spacial score (nSPS) is 11.6. The molecule has 0 bridgehead atoms. The number of hydrogen-bond donors (Lipinski definition) is 0. The SMILES string of the molecule is CC(=NOCc1ccccc1)c1ccc2ccccc2c1. The molecule has 0 aliphatic rings. The summed E-state index contributed by atoms with van der Waals surface area (Å²) in [6.07, 6.45) is 0. The molecule has 0 heterocycles. The first-order chi connectivity index (χ1) is 10.3. The fourth-order valence-electron chi connectivity index (χ4n) is 2.24. The minimum atomic E-state index is 0.492. The van der Waals surface area contributed by atoms with Crippen LogP contribution >= 0.6 is 0 Å². The van der Waals surface area contributed by atoms with Gasteiger partial charge in [-0.05, 0) is 34.9 Å². The lowest BCUT2D eigenvalue weighted by molar-refractivity contribution is 0.130. The third-order valence-electron chi connectivity index (χ3n) is 3.44. The molecular weight excluding hydrogens is 258 g/mol. The molecule has 0 aliphatic heterocycles. The summed E-state index contributed by atoms with van der Waals surface area (Å²) >= 11 is 0. The monoisotopic (exact) mass is 275 g/mol. The average molecular weight is 275 g/mol. The molecule has 3 rings (SSSR count). The molecule has 3 aromatic carbocycles. The van der Waals surface area contributed by atoms with Crippen LogP contribution in [0.25, 0.3) is 10.8 Å². The highest BCUT2D eigenvalue weighted by Gasteiger charge is 2.00. The van der Waals surface area contributed by atoms with E-state index >= 15 is 0 Å². The second kappa shape index (κ2) is 6.23. The molecule has 0 aromatic heterocycles. The largest absolute Gasteiger partial charge is 0.391 e. The molecule has 0 fully saturated rings. The first-order valence-electron chi connectivity index (χ1n) is 7.02. The topological polar surface area (TPSA) is 21.6 Å². The lowest BCUT2D eigenvalue weighted by atomic mass is 10.0. The van der Waals surface area contributed by atoms with Gasteiger partial charge >= 0.3 is 0 Å². The first kappa shape index (κ1) is 13.4. The van der Waals surface area contributed by atoms with Crippen molar-refractivity contribution in [1.82, 2.24) is 0 Å². The lowest BCUT2D eigenvalue weighted by Crippen LogP contribution is -1.97. The van der Waals surface area contributed by atoms with E-state index in [1.165, 1.54) is 10.8 Å². The zero-order valence-electron chi connectivity index (χ0n) is 12.0. The smallest absolute Gasteiger partial charge is 0.142 e. The molecule has 0 N–H and O–H groups in total. The summed E-state index contributed by atoms with van der Waals surface area (Å²) in [6.45, 7) is 2.46. The van der Waals surface area contributed by atoms with Gasteiger partial charge in [-0.1, -0.05) is 71.9 Å². The Morgan fingerprint density at radius 2 is 1.57 bits per heavy atom. The molecule has 104 valence electrons. The van der Waals surface area contributed by atoms with Crippen LogP contribution in [0.5, 0.6) is 0 Å². The van der Waals surface area contributed by atoms with Gasteiger partial charge in [0.15, 0.2) is 0 Å². The maximum Gasteiger partial charge on any atom is 0.142 e. The van der Waals surface area contributed by atoms with Crippen molar-refractivity contribution in [1.29, 1.82) is 0 Å². The second-order valence-corrected chi connectivity index (χ2v) is 5.00. The molecule has 0 atom stereocenters. The first-order valence-corrected chi connectivity index (χ1v) is 7.02. The Kier molecular flexibility index (Phi) is 3.97. The van der Waals surface area contributed by atoms with Crippen LogP contribution in [0.1, 0.15) is 18.1 Å². The van der Waals surface area contributed by atoms with Gasteiger partial charge in [-0.2, -0.15) is 0 Å². The van der Waals surface area contributed by atoms with Crippen molar-refractivity contribution in [3.8, 4) is 0 Å². The fraction of sp³-hybridized carbons (Fsp3) is 0.105. The van der Waals surface area contributed by atoms with Crippen molar-refractivity contribution in [2.75, 3.05) is 0 Å². The van der Waals surface area contributed by atoms with Crippen molar-refractivity contribution < 1.29 is 4.84 Å². The van der Waals surface area contributed by atoms with E-state index in [1.807, 2.05) is 49.4 Å². The third kappa shape index (κ3) is 3.29. The van der Waals surface area contributed by atoms with Gasteiger partial charge in [0.2, 0.25) is 0 Å². The fourth-order valence-corrected chi connectivity index (χ4v) is 2.24. The van der Waals surface area contributed by atoms with Crippen molar-refractivity contribution in [3.05, 3.63) is 83.9 Å². The highest BCUT2D eigenvalue weighted by molar-refractivity contribution is 6.01. The molecule has 2 heteroatoms. The Balaban J connectivity index is 1.73. The molecule has 3 aromatic rings. The Morgan fingerprint density at radius 3 is 2.38 bits per heavy atom. The molecule has 0 unspecified atom stereocenters. The van der Waals surface area contributed by atoms with Gasteiger partial charge in [-0.3, -0.25) is 0 Å². The van der Waals surface area contributed by atoms with Crippen LogP contribution in [0.15, 0.2) is 78.0 Å². The Labute approximate surface area is 124 Å². The van der Waals surface area contributed by atoms with Crippen molar-refractivity contribution in [2.24, 2.45) is 5.16 Å². The lowest BCUT2D eigenvalue weighted by Gasteiger charge is -2.04. The van der Waals surface area contributed by atoms with Crippen LogP contribution in [-0.4, -0.2) is 5.71 Å². The summed E-state index contributed by atoms with van der Waals surface area (Å²) in [6, 6.07) is 24.7. The molecule has 0 amide bonds. The Hall–Kier alpha value is -2.61. The number of benzene rings is 3. The van der Waals surface area contributed by atoms with Crippen LogP contribution < -0.4 is 0 Å². The number of hydrogen-bond acceptors (Lipinski definition) is 2. The number of rotatable bonds is 4. The number of nitrogens with zero attached hydrogens (tertiary/aromatic N) is 1. The molecule has 0 saturated carbocycles. The maximum atomic E-state index is 5.44. The van der Waals surface area contributed by atoms with Gasteiger partial charge in [-0.15, -0.1) is 0 Å². The number of fused-ring (bicyclic) bond motifs is 1. The van der Waals surface area contributed by atoms with Gasteiger partial charge in [-0.25, -0.2) is 0 Å². The average Bonchev–Trinajstić information content (AvgIpc) is 2.55. The van der Waals surface area contributed by atoms with Crippen LogP contribution in [0, 0.1) is 0 Å². The van der Waals surface area contributed by atoms with Gasteiger partial charge in [0.1, 0.15) is 6.61 Å². The zero-order valence-corrected chi connectivity index (χ0v) is 12.0. The predicted octanol–water partition coefficient (Wildman–Crippen LogP) is 4.78. The van der Waals surface area contributed by atoms with Crippen LogP contribution in [0.2, 0.25) is 0 Å². The Morgan fingerprint density at radius 1 is 0.857 bits per heavy atom. The van der Waals surface area contributed by atoms with Crippen molar-refractivity contribution >= 4 is 16.5 Å². The Bertz CT molecular complexity index is 763. The van der Waals surface area contributed by atoms with Gasteiger partial charge in [0.05, 0.1) is 5.71 Å². The van der Waals surface area contributed by atoms with Crippen LogP contribution in [0.3, 0.4) is 0 Å². The third-order valence-corrected chi connectivity index (χ3v) is 3.44. The minimum absolute atomic E-state index is 0.492. The van der Waals surface area contributed by atoms with E-state index in [1.54, 1.807) is 0 Å². The summed E-state index contributed by atoms with van der Waals surface area (Å²) in [5, 5.41) is 6.66. The predicted molar refractivity (Wildman–Crippen MR) is 87.4 cm³/mol. The summed E-state index contributed by atoms with van der Waals surface area (Å²) in [5.74, 6) is 0. The molecular formula is C19H17NO. The van der Waals surface area contributed by atoms with Gasteiger partial charge in [0, 0.05) is 0 Å². The van der Waals surface area contributed by atoms with E-state index < -0.39 is 0 Å². The second-order valence-electron chi connectivity index (χ2n) is 5.00. The summed E-state index contributed by atoms with van der Waals surface area (Å²) in [7, 11) is 0. The molecule has 2 nitrogen and oxygen atoms in total. The molecule has 0 radical (unpaired) electrons. The van der Waals surface area contributed by atoms with Gasteiger partial charge in [0.25, 0.3) is 0 Å². The molecule has 21 heavy (non-hydrogen) atoms. The van der Waals surface area contributed by atoms with Gasteiger partial charge < -0.3 is 4.84 Å². The van der Waals surface area contributed by atoms with E-state index in [2.05, 4.69) is 35.5 Å². The van der Waals surface area contributed by atoms with E-state index in [9.17, 15) is 0 Å². The summed E-state index contributed by atoms with van der Waals surface area (Å²) in [5.41, 5.74) is 3.09. The highest BCUT2D eigenvalue weighted by Crippen LogP contribution is 2.16. The van der Waals surface area contributed by atoms with Crippen LogP contribution in [-0.2, 0) is 11.4 Å². The van der Waals surface area contributed by atoms with E-state index in [0.717, 1.165) is 16.8 Å². The summed E-state index contributed by atoms with van der Waals surface area (Å²) < 4.78 is 0. The quantitative estimate of drug-likeness (QED) is 0.496. The van der Waals surface area contributed by atoms with Crippen molar-refractivity contribution in [3.63, 3.8) is 0 Å². The van der Waals surface area contributed by atoms with Crippen molar-refractivity contribution in [2.45, 2.75) is 13.5 Å². The highest BCUT2D eigenvalue weighted by atomic mass is 16.6. The standard InChI is InChI=1S/C19H17NO/c1-15(20-21-14-16-7-3-2-4-8-16)18-12-11-17-9-5-6-10-19(17)13-18/h2-13H,14H2,1H3.